The summed E-state index contributed by atoms with van der Waals surface area (Å²) < 4.78 is 41.1. The van der Waals surface area contributed by atoms with Crippen molar-refractivity contribution in [2.45, 2.75) is 13.8 Å². The van der Waals surface area contributed by atoms with E-state index in [1.54, 1.807) is 0 Å². The van der Waals surface area contributed by atoms with Gasteiger partial charge < -0.3 is 5.32 Å². The number of rotatable bonds is 2. The van der Waals surface area contributed by atoms with E-state index in [2.05, 4.69) is 5.32 Å². The molecule has 2 aromatic rings. The summed E-state index contributed by atoms with van der Waals surface area (Å²) in [5, 5.41) is 2.17. The van der Waals surface area contributed by atoms with Gasteiger partial charge in [0.15, 0.2) is 11.6 Å². The van der Waals surface area contributed by atoms with Crippen molar-refractivity contribution in [3.8, 4) is 0 Å². The molecule has 0 spiro atoms. The average Bonchev–Trinajstić information content (AvgIpc) is 2.46. The molecule has 0 aliphatic carbocycles. The number of hydrogen-bond donors (Lipinski definition) is 1. The Balaban J connectivity index is 2.48. The molecule has 2 rings (SSSR count). The zero-order valence-electron chi connectivity index (χ0n) is 11.2. The molecule has 1 N–H and O–H groups in total. The summed E-state index contributed by atoms with van der Waals surface area (Å²) in [7, 11) is 0. The molecule has 0 aliphatic rings. The van der Waals surface area contributed by atoms with E-state index in [0.29, 0.717) is 0 Å². The molecule has 110 valence electrons. The Labute approximate surface area is 124 Å². The van der Waals surface area contributed by atoms with Gasteiger partial charge in [0, 0.05) is 5.56 Å². The van der Waals surface area contributed by atoms with Gasteiger partial charge in [-0.15, -0.1) is 0 Å². The number of nitrogens with one attached hydrogen (secondary N) is 1. The van der Waals surface area contributed by atoms with E-state index in [-0.39, 0.29) is 21.8 Å². The maximum absolute atomic E-state index is 14.0. The highest BCUT2D eigenvalue weighted by Crippen LogP contribution is 2.29. The van der Waals surface area contributed by atoms with Gasteiger partial charge in [-0.1, -0.05) is 23.7 Å². The fourth-order valence-corrected chi connectivity index (χ4v) is 2.12. The Morgan fingerprint density at radius 3 is 2.29 bits per heavy atom. The predicted molar refractivity (Wildman–Crippen MR) is 75.2 cm³/mol. The van der Waals surface area contributed by atoms with Crippen LogP contribution in [0.25, 0.3) is 0 Å². The Morgan fingerprint density at radius 2 is 1.67 bits per heavy atom. The van der Waals surface area contributed by atoms with E-state index in [0.717, 1.165) is 6.07 Å². The number of benzene rings is 2. The van der Waals surface area contributed by atoms with Crippen molar-refractivity contribution >= 4 is 23.2 Å². The van der Waals surface area contributed by atoms with E-state index >= 15 is 0 Å². The van der Waals surface area contributed by atoms with Gasteiger partial charge >= 0.3 is 0 Å². The fraction of sp³-hybridized carbons (Fsp3) is 0.133. The summed E-state index contributed by atoms with van der Waals surface area (Å²) in [4.78, 5) is 12.1. The monoisotopic (exact) mass is 313 g/mol. The lowest BCUT2D eigenvalue weighted by Gasteiger charge is -2.13. The van der Waals surface area contributed by atoms with Gasteiger partial charge in [0.1, 0.15) is 5.82 Å². The Morgan fingerprint density at radius 1 is 1.05 bits per heavy atom. The van der Waals surface area contributed by atoms with E-state index in [1.165, 1.54) is 32.0 Å². The van der Waals surface area contributed by atoms with Gasteiger partial charge in [-0.3, -0.25) is 4.79 Å². The standard InChI is InChI=1S/C15H11ClF3NO/c1-7-11(14(19)13(18)8(2)12(7)16)15(21)20-10-6-4-3-5-9(10)17/h3-6H,1-2H3,(H,20,21). The number of carbonyl (C=O) groups excluding carboxylic acids is 1. The summed E-state index contributed by atoms with van der Waals surface area (Å²) in [5.41, 5.74) is -0.638. The van der Waals surface area contributed by atoms with E-state index in [1.807, 2.05) is 0 Å². The Hall–Kier alpha value is -2.01. The predicted octanol–water partition coefficient (Wildman–Crippen LogP) is 4.63. The molecule has 0 unspecified atom stereocenters. The number of amides is 1. The summed E-state index contributed by atoms with van der Waals surface area (Å²) in [6.45, 7) is 2.71. The zero-order chi connectivity index (χ0) is 15.7. The highest BCUT2D eigenvalue weighted by atomic mass is 35.5. The molecule has 0 heterocycles. The van der Waals surface area contributed by atoms with Crippen LogP contribution in [0, 0.1) is 31.3 Å². The minimum absolute atomic E-state index is 0.0346. The van der Waals surface area contributed by atoms with Crippen molar-refractivity contribution in [1.82, 2.24) is 0 Å². The number of anilines is 1. The minimum atomic E-state index is -1.30. The van der Waals surface area contributed by atoms with Crippen LogP contribution in [0.2, 0.25) is 5.02 Å². The maximum atomic E-state index is 14.0. The van der Waals surface area contributed by atoms with Gasteiger partial charge in [0.05, 0.1) is 16.3 Å². The molecule has 6 heteroatoms. The second kappa shape index (κ2) is 5.77. The fourth-order valence-electron chi connectivity index (χ4n) is 1.94. The highest BCUT2D eigenvalue weighted by molar-refractivity contribution is 6.32. The largest absolute Gasteiger partial charge is 0.319 e. The molecule has 0 aromatic heterocycles. The molecule has 0 saturated heterocycles. The third-order valence-electron chi connectivity index (χ3n) is 3.12. The van der Waals surface area contributed by atoms with Crippen molar-refractivity contribution in [3.63, 3.8) is 0 Å². The summed E-state index contributed by atoms with van der Waals surface area (Å²) in [6.07, 6.45) is 0. The molecule has 0 aliphatic heterocycles. The lowest BCUT2D eigenvalue weighted by atomic mass is 10.0. The third-order valence-corrected chi connectivity index (χ3v) is 3.69. The first kappa shape index (κ1) is 15.4. The van der Waals surface area contributed by atoms with Crippen LogP contribution >= 0.6 is 11.6 Å². The molecule has 0 fully saturated rings. The molecule has 1 amide bonds. The Kier molecular flexibility index (Phi) is 4.23. The first-order chi connectivity index (χ1) is 9.84. The number of carbonyl (C=O) groups is 1. The van der Waals surface area contributed by atoms with Crippen LogP contribution in [0.5, 0.6) is 0 Å². The van der Waals surface area contributed by atoms with Gasteiger partial charge in [-0.05, 0) is 31.5 Å². The topological polar surface area (TPSA) is 29.1 Å². The van der Waals surface area contributed by atoms with Crippen molar-refractivity contribution in [2.24, 2.45) is 0 Å². The Bertz CT molecular complexity index is 702. The molecule has 0 atom stereocenters. The number of hydrogen-bond acceptors (Lipinski definition) is 1. The van der Waals surface area contributed by atoms with Crippen LogP contribution in [0.3, 0.4) is 0 Å². The summed E-state index contributed by atoms with van der Waals surface area (Å²) >= 11 is 5.88. The molecule has 2 nitrogen and oxygen atoms in total. The van der Waals surface area contributed by atoms with Crippen molar-refractivity contribution in [1.29, 1.82) is 0 Å². The summed E-state index contributed by atoms with van der Waals surface area (Å²) in [5.74, 6) is -4.13. The van der Waals surface area contributed by atoms with Crippen LogP contribution in [-0.2, 0) is 0 Å². The van der Waals surface area contributed by atoms with Gasteiger partial charge in [0.2, 0.25) is 0 Å². The van der Waals surface area contributed by atoms with E-state index in [4.69, 9.17) is 11.6 Å². The lowest BCUT2D eigenvalue weighted by molar-refractivity contribution is 0.102. The minimum Gasteiger partial charge on any atom is -0.319 e. The first-order valence-corrected chi connectivity index (χ1v) is 6.42. The van der Waals surface area contributed by atoms with Gasteiger partial charge in [0.25, 0.3) is 5.91 Å². The highest BCUT2D eigenvalue weighted by Gasteiger charge is 2.24. The second-order valence-electron chi connectivity index (χ2n) is 4.50. The van der Waals surface area contributed by atoms with Crippen LogP contribution in [0.1, 0.15) is 21.5 Å². The molecular formula is C15H11ClF3NO. The van der Waals surface area contributed by atoms with E-state index in [9.17, 15) is 18.0 Å². The smallest absolute Gasteiger partial charge is 0.259 e. The molecule has 0 bridgehead atoms. The van der Waals surface area contributed by atoms with E-state index < -0.39 is 28.9 Å². The van der Waals surface area contributed by atoms with Crippen LogP contribution in [0.15, 0.2) is 24.3 Å². The lowest BCUT2D eigenvalue weighted by Crippen LogP contribution is -2.18. The van der Waals surface area contributed by atoms with Crippen LogP contribution < -0.4 is 5.32 Å². The number of halogens is 4. The normalized spacial score (nSPS) is 10.6. The molecule has 0 saturated carbocycles. The summed E-state index contributed by atoms with van der Waals surface area (Å²) in [6, 6.07) is 5.40. The maximum Gasteiger partial charge on any atom is 0.259 e. The quantitative estimate of drug-likeness (QED) is 0.805. The van der Waals surface area contributed by atoms with Crippen molar-refractivity contribution in [2.75, 3.05) is 5.32 Å². The van der Waals surface area contributed by atoms with Crippen LogP contribution in [0.4, 0.5) is 18.9 Å². The zero-order valence-corrected chi connectivity index (χ0v) is 12.0. The third kappa shape index (κ3) is 2.74. The molecule has 21 heavy (non-hydrogen) atoms. The molecular weight excluding hydrogens is 303 g/mol. The first-order valence-electron chi connectivity index (χ1n) is 6.04. The molecule has 2 aromatic carbocycles. The molecule has 0 radical (unpaired) electrons. The van der Waals surface area contributed by atoms with Crippen molar-refractivity contribution in [3.05, 3.63) is 63.4 Å². The number of para-hydroxylation sites is 1. The van der Waals surface area contributed by atoms with Crippen molar-refractivity contribution < 1.29 is 18.0 Å². The van der Waals surface area contributed by atoms with Crippen LogP contribution in [-0.4, -0.2) is 5.91 Å². The van der Waals surface area contributed by atoms with Gasteiger partial charge in [-0.25, -0.2) is 13.2 Å². The second-order valence-corrected chi connectivity index (χ2v) is 4.88. The SMILES string of the molecule is Cc1c(F)c(F)c(C(=O)Nc2ccccc2F)c(C)c1Cl. The van der Waals surface area contributed by atoms with Gasteiger partial charge in [-0.2, -0.15) is 0 Å². The average molecular weight is 314 g/mol.